The highest BCUT2D eigenvalue weighted by Gasteiger charge is 2.28. The van der Waals surface area contributed by atoms with Crippen molar-refractivity contribution < 1.29 is 13.2 Å². The summed E-state index contributed by atoms with van der Waals surface area (Å²) < 4.78 is 26.8. The molecule has 7 nitrogen and oxygen atoms in total. The first-order valence-electron chi connectivity index (χ1n) is 8.70. The van der Waals surface area contributed by atoms with Gasteiger partial charge in [0, 0.05) is 39.3 Å². The van der Waals surface area contributed by atoms with Gasteiger partial charge in [0.25, 0.3) is 0 Å². The smallest absolute Gasteiger partial charge is 0.243 e. The third-order valence-electron chi connectivity index (χ3n) is 4.23. The van der Waals surface area contributed by atoms with Gasteiger partial charge in [0.05, 0.1) is 11.4 Å². The molecule has 1 aromatic rings. The molecule has 1 aromatic carbocycles. The molecular formula is C17H30Cl2N4O3S. The van der Waals surface area contributed by atoms with Gasteiger partial charge in [-0.2, -0.15) is 4.31 Å². The minimum atomic E-state index is -3.45. The maximum atomic E-state index is 12.7. The zero-order chi connectivity index (χ0) is 18.3. The molecule has 0 atom stereocenters. The van der Waals surface area contributed by atoms with Crippen LogP contribution in [-0.2, 0) is 14.8 Å². The third kappa shape index (κ3) is 7.93. The Morgan fingerprint density at radius 3 is 2.19 bits per heavy atom. The second-order valence-corrected chi connectivity index (χ2v) is 8.13. The van der Waals surface area contributed by atoms with E-state index in [0.29, 0.717) is 44.2 Å². The molecule has 10 heteroatoms. The predicted octanol–water partition coefficient (Wildman–Crippen LogP) is 0.871. The number of piperazine rings is 1. The molecule has 1 aliphatic rings. The number of amides is 1. The topological polar surface area (TPSA) is 81.8 Å². The number of carbonyl (C=O) groups excluding carboxylic acids is 1. The summed E-state index contributed by atoms with van der Waals surface area (Å²) in [6.45, 7) is 8.43. The Balaban J connectivity index is 0.00000338. The van der Waals surface area contributed by atoms with Gasteiger partial charge in [-0.1, -0.05) is 24.6 Å². The highest BCUT2D eigenvalue weighted by molar-refractivity contribution is 7.89. The van der Waals surface area contributed by atoms with E-state index in [4.69, 9.17) is 0 Å². The standard InChI is InChI=1S/C17H28N4O3S.2ClH/c1-3-18-8-9-19-17(22)14-20-10-12-21(13-11-20)25(23,24)16-6-4-15(2)5-7-16;;/h4-7,18H,3,8-14H2,1-2H3,(H,19,22);2*1H. The summed E-state index contributed by atoms with van der Waals surface area (Å²) >= 11 is 0. The molecule has 1 fully saturated rings. The van der Waals surface area contributed by atoms with Crippen LogP contribution in [0.5, 0.6) is 0 Å². The van der Waals surface area contributed by atoms with Crippen molar-refractivity contribution in [3.8, 4) is 0 Å². The van der Waals surface area contributed by atoms with E-state index in [1.54, 1.807) is 24.3 Å². The number of rotatable bonds is 8. The lowest BCUT2D eigenvalue weighted by atomic mass is 10.2. The molecule has 0 saturated carbocycles. The van der Waals surface area contributed by atoms with Crippen LogP contribution in [-0.4, -0.2) is 75.9 Å². The zero-order valence-electron chi connectivity index (χ0n) is 15.8. The van der Waals surface area contributed by atoms with Crippen LogP contribution >= 0.6 is 24.8 Å². The zero-order valence-corrected chi connectivity index (χ0v) is 18.3. The molecule has 27 heavy (non-hydrogen) atoms. The van der Waals surface area contributed by atoms with Crippen molar-refractivity contribution in [3.05, 3.63) is 29.8 Å². The number of hydrogen-bond acceptors (Lipinski definition) is 5. The number of benzene rings is 1. The minimum absolute atomic E-state index is 0. The van der Waals surface area contributed by atoms with E-state index in [1.165, 1.54) is 4.31 Å². The van der Waals surface area contributed by atoms with Crippen molar-refractivity contribution in [2.24, 2.45) is 0 Å². The monoisotopic (exact) mass is 440 g/mol. The van der Waals surface area contributed by atoms with Crippen molar-refractivity contribution in [2.45, 2.75) is 18.7 Å². The maximum Gasteiger partial charge on any atom is 0.243 e. The van der Waals surface area contributed by atoms with Crippen LogP contribution in [0.3, 0.4) is 0 Å². The minimum Gasteiger partial charge on any atom is -0.354 e. The van der Waals surface area contributed by atoms with E-state index >= 15 is 0 Å². The SMILES string of the molecule is CCNCCNC(=O)CN1CCN(S(=O)(=O)c2ccc(C)cc2)CC1.Cl.Cl. The summed E-state index contributed by atoms with van der Waals surface area (Å²) in [7, 11) is -3.45. The molecule has 0 spiro atoms. The second kappa shape index (κ2) is 12.5. The highest BCUT2D eigenvalue weighted by Crippen LogP contribution is 2.18. The summed E-state index contributed by atoms with van der Waals surface area (Å²) in [6, 6.07) is 6.91. The molecule has 0 unspecified atom stereocenters. The Labute approximate surface area is 174 Å². The van der Waals surface area contributed by atoms with Gasteiger partial charge in [-0.3, -0.25) is 9.69 Å². The number of likely N-dealkylation sites (N-methyl/N-ethyl adjacent to an activating group) is 1. The Morgan fingerprint density at radius 1 is 1.04 bits per heavy atom. The Hall–Kier alpha value is -0.900. The van der Waals surface area contributed by atoms with Crippen LogP contribution in [0.15, 0.2) is 29.2 Å². The van der Waals surface area contributed by atoms with Crippen LogP contribution in [0, 0.1) is 6.92 Å². The first-order valence-corrected chi connectivity index (χ1v) is 10.1. The fourth-order valence-electron chi connectivity index (χ4n) is 2.71. The lowest BCUT2D eigenvalue weighted by Gasteiger charge is -2.33. The van der Waals surface area contributed by atoms with E-state index < -0.39 is 10.0 Å². The lowest BCUT2D eigenvalue weighted by Crippen LogP contribution is -2.51. The lowest BCUT2D eigenvalue weighted by molar-refractivity contribution is -0.122. The van der Waals surface area contributed by atoms with E-state index in [-0.39, 0.29) is 30.7 Å². The number of hydrogen-bond donors (Lipinski definition) is 2. The molecule has 156 valence electrons. The number of carbonyl (C=O) groups is 1. The van der Waals surface area contributed by atoms with Crippen LogP contribution in [0.1, 0.15) is 12.5 Å². The number of nitrogens with one attached hydrogen (secondary N) is 2. The maximum absolute atomic E-state index is 12.7. The number of aryl methyl sites for hydroxylation is 1. The number of halogens is 2. The van der Waals surface area contributed by atoms with Crippen molar-refractivity contribution >= 4 is 40.7 Å². The summed E-state index contributed by atoms with van der Waals surface area (Å²) in [5.74, 6) is -0.0206. The van der Waals surface area contributed by atoms with Gasteiger partial charge in [-0.15, -0.1) is 24.8 Å². The summed E-state index contributed by atoms with van der Waals surface area (Å²) in [5.41, 5.74) is 1.03. The third-order valence-corrected chi connectivity index (χ3v) is 6.14. The molecule has 1 heterocycles. The fraction of sp³-hybridized carbons (Fsp3) is 0.588. The highest BCUT2D eigenvalue weighted by atomic mass is 35.5. The first-order chi connectivity index (χ1) is 11.9. The fourth-order valence-corrected chi connectivity index (χ4v) is 4.14. The Bertz CT molecular complexity index is 663. The van der Waals surface area contributed by atoms with Crippen molar-refractivity contribution in [1.29, 1.82) is 0 Å². The van der Waals surface area contributed by atoms with E-state index in [0.717, 1.165) is 18.7 Å². The van der Waals surface area contributed by atoms with E-state index in [9.17, 15) is 13.2 Å². The molecule has 1 amide bonds. The molecule has 0 aromatic heterocycles. The second-order valence-electron chi connectivity index (χ2n) is 6.20. The molecule has 2 rings (SSSR count). The van der Waals surface area contributed by atoms with Crippen LogP contribution in [0.4, 0.5) is 0 Å². The number of sulfonamides is 1. The van der Waals surface area contributed by atoms with Gasteiger partial charge in [0.15, 0.2) is 0 Å². The molecule has 1 aliphatic heterocycles. The van der Waals surface area contributed by atoms with Gasteiger partial charge in [0.1, 0.15) is 0 Å². The van der Waals surface area contributed by atoms with Crippen molar-refractivity contribution in [3.63, 3.8) is 0 Å². The van der Waals surface area contributed by atoms with Crippen LogP contribution in [0.25, 0.3) is 0 Å². The van der Waals surface area contributed by atoms with Gasteiger partial charge in [-0.05, 0) is 25.6 Å². The average Bonchev–Trinajstić information content (AvgIpc) is 2.60. The van der Waals surface area contributed by atoms with E-state index in [1.807, 2.05) is 18.7 Å². The molecule has 0 bridgehead atoms. The van der Waals surface area contributed by atoms with Crippen molar-refractivity contribution in [1.82, 2.24) is 19.8 Å². The first kappa shape index (κ1) is 26.1. The van der Waals surface area contributed by atoms with Gasteiger partial charge in [-0.25, -0.2) is 8.42 Å². The molecule has 0 aliphatic carbocycles. The number of nitrogens with zero attached hydrogens (tertiary/aromatic N) is 2. The largest absolute Gasteiger partial charge is 0.354 e. The summed E-state index contributed by atoms with van der Waals surface area (Å²) in [4.78, 5) is 14.2. The molecule has 0 radical (unpaired) electrons. The summed E-state index contributed by atoms with van der Waals surface area (Å²) in [5, 5.41) is 6.01. The van der Waals surface area contributed by atoms with Crippen LogP contribution < -0.4 is 10.6 Å². The predicted molar refractivity (Wildman–Crippen MR) is 112 cm³/mol. The Kier molecular flexibility index (Phi) is 12.1. The molecule has 1 saturated heterocycles. The van der Waals surface area contributed by atoms with Crippen molar-refractivity contribution in [2.75, 3.05) is 52.4 Å². The van der Waals surface area contributed by atoms with Gasteiger partial charge < -0.3 is 10.6 Å². The van der Waals surface area contributed by atoms with Gasteiger partial charge >= 0.3 is 0 Å². The molecule has 2 N–H and O–H groups in total. The van der Waals surface area contributed by atoms with Gasteiger partial charge in [0.2, 0.25) is 15.9 Å². The molecular weight excluding hydrogens is 411 g/mol. The Morgan fingerprint density at radius 2 is 1.63 bits per heavy atom. The normalized spacial score (nSPS) is 15.5. The quantitative estimate of drug-likeness (QED) is 0.586. The van der Waals surface area contributed by atoms with E-state index in [2.05, 4.69) is 10.6 Å². The average molecular weight is 441 g/mol. The summed E-state index contributed by atoms with van der Waals surface area (Å²) in [6.07, 6.45) is 0. The van der Waals surface area contributed by atoms with Crippen LogP contribution in [0.2, 0.25) is 0 Å².